The number of anilines is 1. The van der Waals surface area contributed by atoms with Crippen LogP contribution in [0.5, 0.6) is 0 Å². The first-order valence-corrected chi connectivity index (χ1v) is 5.63. The number of halogens is 1. The van der Waals surface area contributed by atoms with Gasteiger partial charge in [-0.1, -0.05) is 11.6 Å². The van der Waals surface area contributed by atoms with Crippen LogP contribution in [0.15, 0.2) is 11.1 Å². The van der Waals surface area contributed by atoms with E-state index in [0.717, 1.165) is 12.5 Å². The van der Waals surface area contributed by atoms with Crippen LogP contribution in [0.25, 0.3) is 0 Å². The van der Waals surface area contributed by atoms with E-state index in [9.17, 15) is 4.79 Å². The molecule has 2 atom stereocenters. The number of nitrogens with one attached hydrogen (secondary N) is 1. The van der Waals surface area contributed by atoms with Crippen molar-refractivity contribution in [3.63, 3.8) is 0 Å². The molecule has 1 saturated carbocycles. The smallest absolute Gasteiger partial charge is 0.271 e. The van der Waals surface area contributed by atoms with Crippen molar-refractivity contribution >= 4 is 17.4 Å². The highest BCUT2D eigenvalue weighted by molar-refractivity contribution is 6.32. The normalized spacial score (nSPS) is 28.7. The van der Waals surface area contributed by atoms with Crippen molar-refractivity contribution in [1.29, 1.82) is 0 Å². The lowest BCUT2D eigenvalue weighted by molar-refractivity contribution is 0.550. The van der Waals surface area contributed by atoms with Gasteiger partial charge in [-0.3, -0.25) is 4.79 Å². The number of aromatic nitrogens is 2. The predicted molar refractivity (Wildman–Crippen MR) is 58.3 cm³/mol. The SMILES string of the molecule is O=c1[nH]cnc(N2CC3CCC2C3)c1Cl. The minimum atomic E-state index is -0.246. The molecule has 1 aliphatic carbocycles. The number of hydrogen-bond donors (Lipinski definition) is 1. The van der Waals surface area contributed by atoms with Crippen LogP contribution in [0, 0.1) is 5.92 Å². The van der Waals surface area contributed by atoms with E-state index < -0.39 is 0 Å². The highest BCUT2D eigenvalue weighted by atomic mass is 35.5. The number of aromatic amines is 1. The molecule has 15 heavy (non-hydrogen) atoms. The topological polar surface area (TPSA) is 49.0 Å². The Labute approximate surface area is 92.3 Å². The molecule has 1 N–H and O–H groups in total. The summed E-state index contributed by atoms with van der Waals surface area (Å²) in [4.78, 5) is 20.2. The van der Waals surface area contributed by atoms with Gasteiger partial charge in [0.25, 0.3) is 5.56 Å². The second kappa shape index (κ2) is 3.23. The molecule has 1 saturated heterocycles. The molecule has 2 bridgehead atoms. The molecule has 0 aromatic carbocycles. The third-order valence-electron chi connectivity index (χ3n) is 3.46. The number of rotatable bonds is 1. The van der Waals surface area contributed by atoms with E-state index in [2.05, 4.69) is 14.9 Å². The fourth-order valence-electron chi connectivity index (χ4n) is 2.76. The lowest BCUT2D eigenvalue weighted by atomic mass is 10.1. The summed E-state index contributed by atoms with van der Waals surface area (Å²) >= 11 is 5.96. The van der Waals surface area contributed by atoms with Gasteiger partial charge >= 0.3 is 0 Å². The van der Waals surface area contributed by atoms with E-state index in [1.807, 2.05) is 0 Å². The Morgan fingerprint density at radius 1 is 1.53 bits per heavy atom. The van der Waals surface area contributed by atoms with Crippen LogP contribution in [-0.4, -0.2) is 22.6 Å². The molecule has 5 heteroatoms. The summed E-state index contributed by atoms with van der Waals surface area (Å²) in [5.41, 5.74) is -0.246. The Bertz CT molecular complexity index is 445. The highest BCUT2D eigenvalue weighted by Gasteiger charge is 2.39. The average molecular weight is 226 g/mol. The molecule has 3 rings (SSSR count). The maximum atomic E-state index is 11.3. The highest BCUT2D eigenvalue weighted by Crippen LogP contribution is 2.40. The third-order valence-corrected chi connectivity index (χ3v) is 3.80. The predicted octanol–water partition coefficient (Wildman–Crippen LogP) is 1.41. The molecule has 80 valence electrons. The lowest BCUT2D eigenvalue weighted by Crippen LogP contribution is -2.34. The molecule has 0 radical (unpaired) electrons. The van der Waals surface area contributed by atoms with Crippen molar-refractivity contribution in [2.75, 3.05) is 11.4 Å². The summed E-state index contributed by atoms with van der Waals surface area (Å²) in [5.74, 6) is 1.43. The molecule has 1 aromatic heterocycles. The van der Waals surface area contributed by atoms with Crippen LogP contribution in [-0.2, 0) is 0 Å². The van der Waals surface area contributed by atoms with Gasteiger partial charge in [0.15, 0.2) is 5.82 Å². The molecule has 4 nitrogen and oxygen atoms in total. The minimum absolute atomic E-state index is 0.227. The van der Waals surface area contributed by atoms with Crippen LogP contribution in [0.3, 0.4) is 0 Å². The van der Waals surface area contributed by atoms with Crippen LogP contribution < -0.4 is 10.5 Å². The number of fused-ring (bicyclic) bond motifs is 2. The molecule has 2 aliphatic rings. The van der Waals surface area contributed by atoms with Crippen molar-refractivity contribution in [3.8, 4) is 0 Å². The van der Waals surface area contributed by atoms with Crippen molar-refractivity contribution < 1.29 is 0 Å². The van der Waals surface area contributed by atoms with E-state index in [4.69, 9.17) is 11.6 Å². The average Bonchev–Trinajstić information content (AvgIpc) is 2.83. The summed E-state index contributed by atoms with van der Waals surface area (Å²) < 4.78 is 0. The summed E-state index contributed by atoms with van der Waals surface area (Å²) in [5, 5.41) is 0.227. The van der Waals surface area contributed by atoms with Crippen LogP contribution in [0.1, 0.15) is 19.3 Å². The van der Waals surface area contributed by atoms with Gasteiger partial charge in [0.05, 0.1) is 6.33 Å². The summed E-state index contributed by atoms with van der Waals surface area (Å²) in [6.07, 6.45) is 5.16. The Morgan fingerprint density at radius 3 is 3.07 bits per heavy atom. The second-order valence-corrected chi connectivity index (χ2v) is 4.73. The molecule has 2 fully saturated rings. The van der Waals surface area contributed by atoms with E-state index >= 15 is 0 Å². The van der Waals surface area contributed by atoms with Gasteiger partial charge in [0.1, 0.15) is 5.02 Å². The number of nitrogens with zero attached hydrogens (tertiary/aromatic N) is 2. The quantitative estimate of drug-likeness (QED) is 0.786. The third kappa shape index (κ3) is 1.35. The molecule has 2 heterocycles. The van der Waals surface area contributed by atoms with Gasteiger partial charge in [0, 0.05) is 12.6 Å². The van der Waals surface area contributed by atoms with Gasteiger partial charge in [-0.25, -0.2) is 4.98 Å². The van der Waals surface area contributed by atoms with E-state index in [1.165, 1.54) is 25.6 Å². The van der Waals surface area contributed by atoms with Crippen molar-refractivity contribution in [1.82, 2.24) is 9.97 Å². The first-order chi connectivity index (χ1) is 7.25. The molecule has 1 aromatic rings. The number of hydrogen-bond acceptors (Lipinski definition) is 3. The molecule has 1 aliphatic heterocycles. The summed E-state index contributed by atoms with van der Waals surface area (Å²) in [6.45, 7) is 1.00. The molecular weight excluding hydrogens is 214 g/mol. The second-order valence-electron chi connectivity index (χ2n) is 4.35. The largest absolute Gasteiger partial charge is 0.352 e. The van der Waals surface area contributed by atoms with Gasteiger partial charge in [-0.2, -0.15) is 0 Å². The standard InChI is InChI=1S/C10H12ClN3O/c11-8-9(12-5-13-10(8)15)14-4-6-1-2-7(14)3-6/h5-7H,1-4H2,(H,12,13,15). The fourth-order valence-corrected chi connectivity index (χ4v) is 2.97. The zero-order valence-corrected chi connectivity index (χ0v) is 9.00. The minimum Gasteiger partial charge on any atom is -0.352 e. The van der Waals surface area contributed by atoms with Crippen molar-refractivity contribution in [2.24, 2.45) is 5.92 Å². The molecular formula is C10H12ClN3O. The Morgan fingerprint density at radius 2 is 2.40 bits per heavy atom. The van der Waals surface area contributed by atoms with Crippen molar-refractivity contribution in [2.45, 2.75) is 25.3 Å². The molecule has 0 amide bonds. The zero-order chi connectivity index (χ0) is 10.4. The maximum Gasteiger partial charge on any atom is 0.271 e. The van der Waals surface area contributed by atoms with Crippen molar-refractivity contribution in [3.05, 3.63) is 21.7 Å². The monoisotopic (exact) mass is 225 g/mol. The summed E-state index contributed by atoms with van der Waals surface area (Å²) in [7, 11) is 0. The zero-order valence-electron chi connectivity index (χ0n) is 8.24. The fraction of sp³-hybridized carbons (Fsp3) is 0.600. The Hall–Kier alpha value is -1.03. The number of H-pyrrole nitrogens is 1. The van der Waals surface area contributed by atoms with Crippen LogP contribution >= 0.6 is 11.6 Å². The van der Waals surface area contributed by atoms with Gasteiger partial charge in [-0.15, -0.1) is 0 Å². The lowest BCUT2D eigenvalue weighted by Gasteiger charge is -2.28. The maximum absolute atomic E-state index is 11.3. The van der Waals surface area contributed by atoms with Crippen LogP contribution in [0.2, 0.25) is 5.02 Å². The van der Waals surface area contributed by atoms with Gasteiger partial charge < -0.3 is 9.88 Å². The van der Waals surface area contributed by atoms with E-state index in [1.54, 1.807) is 0 Å². The first-order valence-electron chi connectivity index (χ1n) is 5.25. The Balaban J connectivity index is 2.00. The summed E-state index contributed by atoms with van der Waals surface area (Å²) in [6, 6.07) is 0.543. The molecule has 0 spiro atoms. The molecule has 2 unspecified atom stereocenters. The van der Waals surface area contributed by atoms with E-state index in [0.29, 0.717) is 11.9 Å². The van der Waals surface area contributed by atoms with Crippen LogP contribution in [0.4, 0.5) is 5.82 Å². The van der Waals surface area contributed by atoms with E-state index in [-0.39, 0.29) is 10.6 Å². The number of piperidine rings is 1. The van der Waals surface area contributed by atoms with Gasteiger partial charge in [-0.05, 0) is 25.2 Å². The first kappa shape index (κ1) is 9.21. The van der Waals surface area contributed by atoms with Gasteiger partial charge in [0.2, 0.25) is 0 Å². The Kier molecular flexibility index (Phi) is 1.99.